The van der Waals surface area contributed by atoms with Crippen molar-refractivity contribution in [2.45, 2.75) is 0 Å². The number of nitrogens with zero attached hydrogens (tertiary/aromatic N) is 2. The van der Waals surface area contributed by atoms with E-state index in [0.717, 1.165) is 12.1 Å². The maximum absolute atomic E-state index is 13.0. The second-order valence-electron chi connectivity index (χ2n) is 4.45. The highest BCUT2D eigenvalue weighted by atomic mass is 19.2. The van der Waals surface area contributed by atoms with Crippen LogP contribution in [0.25, 0.3) is 0 Å². The first-order valence-corrected chi connectivity index (χ1v) is 6.51. The number of halogens is 2. The smallest absolute Gasteiger partial charge is 0.270 e. The normalized spacial score (nSPS) is 9.96. The van der Waals surface area contributed by atoms with E-state index < -0.39 is 16.6 Å². The molecule has 23 heavy (non-hydrogen) atoms. The molecule has 0 radical (unpaired) electrons. The van der Waals surface area contributed by atoms with Gasteiger partial charge in [-0.15, -0.1) is 0 Å². The monoisotopic (exact) mass is 319 g/mol. The van der Waals surface area contributed by atoms with Crippen LogP contribution >= 0.6 is 0 Å². The van der Waals surface area contributed by atoms with Gasteiger partial charge in [-0.25, -0.2) is 8.78 Å². The van der Waals surface area contributed by atoms with E-state index in [-0.39, 0.29) is 30.2 Å². The summed E-state index contributed by atoms with van der Waals surface area (Å²) in [5.74, 6) is -1.78. The quantitative estimate of drug-likeness (QED) is 0.501. The lowest BCUT2D eigenvalue weighted by atomic mass is 10.1. The highest BCUT2D eigenvalue weighted by Gasteiger charge is 2.10. The van der Waals surface area contributed by atoms with Crippen molar-refractivity contribution in [3.63, 3.8) is 0 Å². The van der Waals surface area contributed by atoms with Gasteiger partial charge in [0.1, 0.15) is 18.4 Å². The Bertz CT molecular complexity index is 775. The summed E-state index contributed by atoms with van der Waals surface area (Å²) in [5, 5.41) is 22.5. The largest absolute Gasteiger partial charge is 0.492 e. The molecule has 0 saturated heterocycles. The fraction of sp³-hybridized carbons (Fsp3) is 0.133. The molecule has 0 aliphatic rings. The molecule has 0 heterocycles. The Balaban J connectivity index is 1.92. The molecule has 0 atom stereocenters. The van der Waals surface area contributed by atoms with Gasteiger partial charge in [0.2, 0.25) is 0 Å². The predicted octanol–water partition coefficient (Wildman–Crippen LogP) is 3.24. The van der Waals surface area contributed by atoms with E-state index in [2.05, 4.69) is 5.32 Å². The highest BCUT2D eigenvalue weighted by molar-refractivity contribution is 5.61. The Morgan fingerprint density at radius 3 is 2.65 bits per heavy atom. The zero-order valence-corrected chi connectivity index (χ0v) is 11.8. The summed E-state index contributed by atoms with van der Waals surface area (Å²) in [6, 6.07) is 8.92. The van der Waals surface area contributed by atoms with Gasteiger partial charge >= 0.3 is 0 Å². The topological polar surface area (TPSA) is 88.2 Å². The molecule has 2 aromatic rings. The van der Waals surface area contributed by atoms with Crippen molar-refractivity contribution < 1.29 is 18.4 Å². The highest BCUT2D eigenvalue weighted by Crippen LogP contribution is 2.21. The molecule has 6 nitrogen and oxygen atoms in total. The molecule has 0 amide bonds. The second kappa shape index (κ2) is 7.17. The van der Waals surface area contributed by atoms with Gasteiger partial charge in [-0.2, -0.15) is 5.26 Å². The Kier molecular flexibility index (Phi) is 5.04. The van der Waals surface area contributed by atoms with Crippen LogP contribution in [0.2, 0.25) is 0 Å². The number of hydrogen-bond donors (Lipinski definition) is 1. The lowest BCUT2D eigenvalue weighted by Crippen LogP contribution is -2.12. The lowest BCUT2D eigenvalue weighted by molar-refractivity contribution is -0.384. The van der Waals surface area contributed by atoms with Gasteiger partial charge in [-0.05, 0) is 18.2 Å². The van der Waals surface area contributed by atoms with Crippen LogP contribution in [0, 0.1) is 33.1 Å². The molecule has 0 unspecified atom stereocenters. The Labute approximate surface area is 130 Å². The molecule has 0 bridgehead atoms. The van der Waals surface area contributed by atoms with Crippen molar-refractivity contribution >= 4 is 11.4 Å². The minimum atomic E-state index is -1.00. The molecule has 1 N–H and O–H groups in total. The Hall–Kier alpha value is -3.21. The molecule has 2 aromatic carbocycles. The number of nitrogens with one attached hydrogen (secondary N) is 1. The Morgan fingerprint density at radius 2 is 2.00 bits per heavy atom. The molecule has 0 aliphatic heterocycles. The number of hydrogen-bond acceptors (Lipinski definition) is 5. The number of nitro groups is 1. The summed E-state index contributed by atoms with van der Waals surface area (Å²) in [7, 11) is 0. The number of nitro benzene ring substituents is 1. The third-order valence-corrected chi connectivity index (χ3v) is 2.91. The summed E-state index contributed by atoms with van der Waals surface area (Å²) in [6.45, 7) is 0.401. The number of ether oxygens (including phenoxy) is 1. The molecular weight excluding hydrogens is 308 g/mol. The van der Waals surface area contributed by atoms with E-state index in [1.54, 1.807) is 0 Å². The fourth-order valence-corrected chi connectivity index (χ4v) is 1.81. The molecule has 0 aromatic heterocycles. The maximum Gasteiger partial charge on any atom is 0.270 e. The van der Waals surface area contributed by atoms with E-state index in [9.17, 15) is 18.9 Å². The first kappa shape index (κ1) is 16.2. The van der Waals surface area contributed by atoms with Gasteiger partial charge in [0.25, 0.3) is 5.69 Å². The van der Waals surface area contributed by atoms with Crippen molar-refractivity contribution in [2.24, 2.45) is 0 Å². The average Bonchev–Trinajstić information content (AvgIpc) is 2.54. The summed E-state index contributed by atoms with van der Waals surface area (Å²) >= 11 is 0. The number of benzene rings is 2. The molecule has 0 saturated carbocycles. The van der Waals surface area contributed by atoms with Gasteiger partial charge in [-0.1, -0.05) is 0 Å². The van der Waals surface area contributed by atoms with E-state index >= 15 is 0 Å². The lowest BCUT2D eigenvalue weighted by Gasteiger charge is -2.10. The van der Waals surface area contributed by atoms with E-state index in [1.807, 2.05) is 6.07 Å². The minimum Gasteiger partial charge on any atom is -0.492 e. The van der Waals surface area contributed by atoms with Crippen LogP contribution in [0.4, 0.5) is 20.2 Å². The molecule has 0 aliphatic carbocycles. The van der Waals surface area contributed by atoms with Crippen molar-refractivity contribution in [2.75, 3.05) is 18.5 Å². The van der Waals surface area contributed by atoms with Crippen molar-refractivity contribution in [3.8, 4) is 11.8 Å². The second-order valence-corrected chi connectivity index (χ2v) is 4.45. The summed E-state index contributed by atoms with van der Waals surface area (Å²) < 4.78 is 31.0. The zero-order chi connectivity index (χ0) is 16.8. The average molecular weight is 319 g/mol. The van der Waals surface area contributed by atoms with Crippen LogP contribution in [0.3, 0.4) is 0 Å². The molecule has 0 spiro atoms. The van der Waals surface area contributed by atoms with Crippen molar-refractivity contribution in [1.29, 1.82) is 5.26 Å². The van der Waals surface area contributed by atoms with Crippen molar-refractivity contribution in [1.82, 2.24) is 0 Å². The maximum atomic E-state index is 13.0. The molecule has 0 fully saturated rings. The van der Waals surface area contributed by atoms with Crippen LogP contribution < -0.4 is 10.1 Å². The number of non-ortho nitro benzene ring substituents is 1. The molecule has 2 rings (SSSR count). The van der Waals surface area contributed by atoms with E-state index in [4.69, 9.17) is 10.00 Å². The molecule has 8 heteroatoms. The van der Waals surface area contributed by atoms with Gasteiger partial charge in [0, 0.05) is 24.7 Å². The summed E-state index contributed by atoms with van der Waals surface area (Å²) in [5.41, 5.74) is 0.379. The molecular formula is C15H11F2N3O3. The van der Waals surface area contributed by atoms with Crippen molar-refractivity contribution in [3.05, 3.63) is 63.7 Å². The minimum absolute atomic E-state index is 0.132. The SMILES string of the molecule is N#Cc1cc([N+](=O)[O-])ccc1NCCOc1ccc(F)c(F)c1. The number of anilines is 1. The third kappa shape index (κ3) is 4.14. The van der Waals surface area contributed by atoms with Gasteiger partial charge in [0.15, 0.2) is 11.6 Å². The Morgan fingerprint density at radius 1 is 1.22 bits per heavy atom. The van der Waals surface area contributed by atoms with Gasteiger partial charge in [0.05, 0.1) is 16.2 Å². The standard InChI is InChI=1S/C15H11F2N3O3/c16-13-3-2-12(8-14(13)17)23-6-5-19-15-4-1-11(20(21)22)7-10(15)9-18/h1-4,7-8,19H,5-6H2. The predicted molar refractivity (Wildman–Crippen MR) is 78.2 cm³/mol. The summed E-state index contributed by atoms with van der Waals surface area (Å²) in [4.78, 5) is 10.1. The first-order valence-electron chi connectivity index (χ1n) is 6.51. The van der Waals surface area contributed by atoms with Gasteiger partial charge in [-0.3, -0.25) is 10.1 Å². The number of rotatable bonds is 6. The van der Waals surface area contributed by atoms with Crippen LogP contribution in [0.15, 0.2) is 36.4 Å². The summed E-state index contributed by atoms with van der Waals surface area (Å²) in [6.07, 6.45) is 0. The van der Waals surface area contributed by atoms with Crippen LogP contribution in [-0.4, -0.2) is 18.1 Å². The third-order valence-electron chi connectivity index (χ3n) is 2.91. The fourth-order valence-electron chi connectivity index (χ4n) is 1.81. The molecule has 118 valence electrons. The van der Waals surface area contributed by atoms with Crippen LogP contribution in [0.5, 0.6) is 5.75 Å². The first-order chi connectivity index (χ1) is 11.0. The van der Waals surface area contributed by atoms with Crippen LogP contribution in [-0.2, 0) is 0 Å². The van der Waals surface area contributed by atoms with E-state index in [0.29, 0.717) is 5.69 Å². The number of nitriles is 1. The van der Waals surface area contributed by atoms with Gasteiger partial charge < -0.3 is 10.1 Å². The zero-order valence-electron chi connectivity index (χ0n) is 11.8. The van der Waals surface area contributed by atoms with E-state index in [1.165, 1.54) is 24.3 Å². The van der Waals surface area contributed by atoms with Crippen LogP contribution in [0.1, 0.15) is 5.56 Å².